The SMILES string of the molecule is Cc1cc(C)c(S(=O)(=O)N2CCC[C@H]2CNC(=O)c2ccc3c(c2)OCO3)c(C)c1. The second-order valence-corrected chi connectivity index (χ2v) is 9.75. The van der Waals surface area contributed by atoms with Crippen molar-refractivity contribution >= 4 is 15.9 Å². The van der Waals surface area contributed by atoms with E-state index in [-0.39, 0.29) is 25.3 Å². The number of ether oxygens (including phenoxy) is 2. The molecule has 30 heavy (non-hydrogen) atoms. The van der Waals surface area contributed by atoms with E-state index in [1.165, 1.54) is 4.31 Å². The molecule has 0 spiro atoms. The fourth-order valence-corrected chi connectivity index (χ4v) is 6.48. The largest absolute Gasteiger partial charge is 0.454 e. The summed E-state index contributed by atoms with van der Waals surface area (Å²) in [4.78, 5) is 13.0. The number of nitrogens with one attached hydrogen (secondary N) is 1. The van der Waals surface area contributed by atoms with Crippen LogP contribution in [0.15, 0.2) is 35.2 Å². The quantitative estimate of drug-likeness (QED) is 0.788. The van der Waals surface area contributed by atoms with Crippen molar-refractivity contribution in [1.82, 2.24) is 9.62 Å². The van der Waals surface area contributed by atoms with Crippen LogP contribution in [0.5, 0.6) is 11.5 Å². The smallest absolute Gasteiger partial charge is 0.251 e. The van der Waals surface area contributed by atoms with Crippen LogP contribution in [0.1, 0.15) is 39.9 Å². The lowest BCUT2D eigenvalue weighted by Gasteiger charge is -2.26. The van der Waals surface area contributed by atoms with Gasteiger partial charge in [0.1, 0.15) is 0 Å². The van der Waals surface area contributed by atoms with Crippen LogP contribution in [-0.2, 0) is 10.0 Å². The lowest BCUT2D eigenvalue weighted by molar-refractivity contribution is 0.0946. The van der Waals surface area contributed by atoms with Gasteiger partial charge < -0.3 is 14.8 Å². The standard InChI is InChI=1S/C22H26N2O5S/c1-14-9-15(2)21(16(3)10-14)30(26,27)24-8-4-5-18(24)12-23-22(25)17-6-7-19-20(11-17)29-13-28-19/h6-7,9-11,18H,4-5,8,12-13H2,1-3H3,(H,23,25)/t18-/m0/s1. The molecule has 1 fully saturated rings. The maximum atomic E-state index is 13.4. The Morgan fingerprint density at radius 2 is 1.80 bits per heavy atom. The summed E-state index contributed by atoms with van der Waals surface area (Å²) in [5.41, 5.74) is 3.00. The second-order valence-electron chi connectivity index (χ2n) is 7.92. The van der Waals surface area contributed by atoms with Crippen molar-refractivity contribution in [2.45, 2.75) is 44.6 Å². The van der Waals surface area contributed by atoms with Crippen LogP contribution in [0.4, 0.5) is 0 Å². The van der Waals surface area contributed by atoms with E-state index in [1.54, 1.807) is 18.2 Å². The van der Waals surface area contributed by atoms with Crippen LogP contribution < -0.4 is 14.8 Å². The molecular formula is C22H26N2O5S. The van der Waals surface area contributed by atoms with Gasteiger partial charge in [-0.05, 0) is 62.9 Å². The van der Waals surface area contributed by atoms with Gasteiger partial charge in [0.05, 0.1) is 4.90 Å². The number of hydrogen-bond donors (Lipinski definition) is 1. The second kappa shape index (κ2) is 7.92. The van der Waals surface area contributed by atoms with E-state index in [0.717, 1.165) is 23.1 Å². The zero-order valence-electron chi connectivity index (χ0n) is 17.4. The maximum Gasteiger partial charge on any atom is 0.251 e. The Kier molecular flexibility index (Phi) is 5.46. The van der Waals surface area contributed by atoms with Gasteiger partial charge in [-0.1, -0.05) is 17.7 Å². The van der Waals surface area contributed by atoms with Crippen molar-refractivity contribution in [1.29, 1.82) is 0 Å². The van der Waals surface area contributed by atoms with Crippen LogP contribution >= 0.6 is 0 Å². The summed E-state index contributed by atoms with van der Waals surface area (Å²) in [6.07, 6.45) is 1.48. The highest BCUT2D eigenvalue weighted by molar-refractivity contribution is 7.89. The van der Waals surface area contributed by atoms with Gasteiger partial charge in [-0.25, -0.2) is 8.42 Å². The highest BCUT2D eigenvalue weighted by Gasteiger charge is 2.37. The molecule has 4 rings (SSSR count). The van der Waals surface area contributed by atoms with Crippen molar-refractivity contribution < 1.29 is 22.7 Å². The third-order valence-electron chi connectivity index (χ3n) is 5.63. The van der Waals surface area contributed by atoms with Gasteiger partial charge in [0.25, 0.3) is 5.91 Å². The van der Waals surface area contributed by atoms with Crippen molar-refractivity contribution in [3.8, 4) is 11.5 Å². The number of rotatable bonds is 5. The zero-order chi connectivity index (χ0) is 21.5. The van der Waals surface area contributed by atoms with E-state index in [1.807, 2.05) is 32.9 Å². The molecule has 1 amide bonds. The molecule has 2 heterocycles. The number of nitrogens with zero attached hydrogens (tertiary/aromatic N) is 1. The molecule has 2 aromatic rings. The van der Waals surface area contributed by atoms with Crippen LogP contribution in [0.3, 0.4) is 0 Å². The molecule has 0 bridgehead atoms. The fraction of sp³-hybridized carbons (Fsp3) is 0.409. The van der Waals surface area contributed by atoms with Crippen molar-refractivity contribution in [3.05, 3.63) is 52.6 Å². The Labute approximate surface area is 177 Å². The number of aryl methyl sites for hydroxylation is 3. The molecule has 2 aliphatic heterocycles. The first-order valence-corrected chi connectivity index (χ1v) is 11.5. The average molecular weight is 431 g/mol. The maximum absolute atomic E-state index is 13.4. The van der Waals surface area contributed by atoms with Crippen LogP contribution in [0.2, 0.25) is 0 Å². The number of carbonyl (C=O) groups excluding carboxylic acids is 1. The summed E-state index contributed by atoms with van der Waals surface area (Å²) >= 11 is 0. The lowest BCUT2D eigenvalue weighted by atomic mass is 10.1. The van der Waals surface area contributed by atoms with Gasteiger partial charge in [0.15, 0.2) is 11.5 Å². The van der Waals surface area contributed by atoms with E-state index in [0.29, 0.717) is 34.9 Å². The highest BCUT2D eigenvalue weighted by atomic mass is 32.2. The van der Waals surface area contributed by atoms with E-state index in [4.69, 9.17) is 9.47 Å². The minimum atomic E-state index is -3.64. The van der Waals surface area contributed by atoms with E-state index >= 15 is 0 Å². The number of carbonyl (C=O) groups is 1. The van der Waals surface area contributed by atoms with Crippen LogP contribution in [-0.4, -0.2) is 44.6 Å². The molecule has 2 aromatic carbocycles. The summed E-state index contributed by atoms with van der Waals surface area (Å²) in [6.45, 7) is 6.49. The Morgan fingerprint density at radius 3 is 2.53 bits per heavy atom. The summed E-state index contributed by atoms with van der Waals surface area (Å²) in [5.74, 6) is 0.890. The number of sulfonamides is 1. The first kappa shape index (κ1) is 20.7. The lowest BCUT2D eigenvalue weighted by Crippen LogP contribution is -2.43. The Bertz CT molecular complexity index is 1070. The number of fused-ring (bicyclic) bond motifs is 1. The van der Waals surface area contributed by atoms with E-state index in [9.17, 15) is 13.2 Å². The van der Waals surface area contributed by atoms with Crippen LogP contribution in [0.25, 0.3) is 0 Å². The van der Waals surface area contributed by atoms with Gasteiger partial charge in [0.2, 0.25) is 16.8 Å². The Balaban J connectivity index is 1.49. The highest BCUT2D eigenvalue weighted by Crippen LogP contribution is 2.33. The molecule has 2 aliphatic rings. The van der Waals surface area contributed by atoms with Crippen molar-refractivity contribution in [2.24, 2.45) is 0 Å². The number of amides is 1. The zero-order valence-corrected chi connectivity index (χ0v) is 18.2. The first-order chi connectivity index (χ1) is 14.3. The molecule has 1 atom stereocenters. The van der Waals surface area contributed by atoms with E-state index in [2.05, 4.69) is 5.32 Å². The molecule has 1 N–H and O–H groups in total. The predicted molar refractivity (Wildman–Crippen MR) is 112 cm³/mol. The average Bonchev–Trinajstić information content (AvgIpc) is 3.33. The molecule has 0 aliphatic carbocycles. The third kappa shape index (κ3) is 3.77. The first-order valence-electron chi connectivity index (χ1n) is 10.0. The molecule has 0 saturated carbocycles. The summed E-state index contributed by atoms with van der Waals surface area (Å²) in [6, 6.07) is 8.53. The summed E-state index contributed by atoms with van der Waals surface area (Å²) in [5, 5.41) is 2.88. The molecule has 8 heteroatoms. The topological polar surface area (TPSA) is 84.9 Å². The predicted octanol–water partition coefficient (Wildman–Crippen LogP) is 2.92. The third-order valence-corrected chi connectivity index (χ3v) is 7.89. The summed E-state index contributed by atoms with van der Waals surface area (Å²) in [7, 11) is -3.64. The van der Waals surface area contributed by atoms with E-state index < -0.39 is 10.0 Å². The molecule has 1 saturated heterocycles. The molecule has 0 unspecified atom stereocenters. The monoisotopic (exact) mass is 430 g/mol. The molecule has 0 radical (unpaired) electrons. The Morgan fingerprint density at radius 1 is 1.10 bits per heavy atom. The number of hydrogen-bond acceptors (Lipinski definition) is 5. The molecular weight excluding hydrogens is 404 g/mol. The fourth-order valence-electron chi connectivity index (χ4n) is 4.37. The minimum absolute atomic E-state index is 0.146. The minimum Gasteiger partial charge on any atom is -0.454 e. The van der Waals surface area contributed by atoms with Crippen molar-refractivity contribution in [3.63, 3.8) is 0 Å². The van der Waals surface area contributed by atoms with Crippen LogP contribution in [0, 0.1) is 20.8 Å². The molecule has 0 aromatic heterocycles. The van der Waals surface area contributed by atoms with Gasteiger partial charge in [-0.3, -0.25) is 4.79 Å². The molecule has 7 nitrogen and oxygen atoms in total. The number of benzene rings is 2. The molecule has 160 valence electrons. The van der Waals surface area contributed by atoms with Gasteiger partial charge in [-0.2, -0.15) is 4.31 Å². The van der Waals surface area contributed by atoms with Gasteiger partial charge in [-0.15, -0.1) is 0 Å². The van der Waals surface area contributed by atoms with Gasteiger partial charge >= 0.3 is 0 Å². The van der Waals surface area contributed by atoms with Crippen molar-refractivity contribution in [2.75, 3.05) is 19.9 Å². The van der Waals surface area contributed by atoms with Gasteiger partial charge in [0, 0.05) is 24.7 Å². The summed E-state index contributed by atoms with van der Waals surface area (Å²) < 4.78 is 39.0. The Hall–Kier alpha value is -2.58. The normalized spacial score (nSPS) is 18.6.